The zero-order valence-electron chi connectivity index (χ0n) is 15.2. The second-order valence-corrected chi connectivity index (χ2v) is 6.34. The van der Waals surface area contributed by atoms with E-state index in [1.807, 2.05) is 55.6 Å². The number of nitrogens with zero attached hydrogens (tertiary/aromatic N) is 7. The standard InChI is InChI=1S/C18H18N8O/c1-11-7-8-14(16(12(11)2)26-10-19-23-24-26)18(27)20-13(3)17-22-21-15-6-4-5-9-25(15)17/h4-10,13H,1-3H3,(H,20,27)/t13-/m1/s1. The molecular formula is C18H18N8O. The van der Waals surface area contributed by atoms with Crippen molar-refractivity contribution in [1.82, 2.24) is 40.1 Å². The fraction of sp³-hybridized carbons (Fsp3) is 0.222. The molecule has 9 heteroatoms. The van der Waals surface area contributed by atoms with Crippen molar-refractivity contribution in [3.8, 4) is 5.69 Å². The minimum Gasteiger partial charge on any atom is -0.342 e. The van der Waals surface area contributed by atoms with Gasteiger partial charge in [0.1, 0.15) is 6.33 Å². The minimum absolute atomic E-state index is 0.233. The SMILES string of the molecule is Cc1ccc(C(=O)N[C@H](C)c2nnc3ccccn23)c(-n2cnnn2)c1C. The predicted octanol–water partition coefficient (Wildman–Crippen LogP) is 1.81. The zero-order chi connectivity index (χ0) is 19.0. The van der Waals surface area contributed by atoms with E-state index < -0.39 is 0 Å². The Morgan fingerprint density at radius 3 is 2.78 bits per heavy atom. The Balaban J connectivity index is 1.69. The van der Waals surface area contributed by atoms with Crippen molar-refractivity contribution in [3.63, 3.8) is 0 Å². The van der Waals surface area contributed by atoms with Gasteiger partial charge in [0, 0.05) is 6.20 Å². The molecule has 0 spiro atoms. The summed E-state index contributed by atoms with van der Waals surface area (Å²) in [6.45, 7) is 5.80. The molecule has 4 rings (SSSR count). The van der Waals surface area contributed by atoms with Crippen molar-refractivity contribution in [2.75, 3.05) is 0 Å². The summed E-state index contributed by atoms with van der Waals surface area (Å²) in [4.78, 5) is 13.0. The molecule has 1 aromatic carbocycles. The molecule has 0 saturated heterocycles. The summed E-state index contributed by atoms with van der Waals surface area (Å²) >= 11 is 0. The number of carbonyl (C=O) groups excluding carboxylic acids is 1. The molecule has 0 saturated carbocycles. The highest BCUT2D eigenvalue weighted by atomic mass is 16.1. The molecule has 0 fully saturated rings. The molecule has 3 heterocycles. The fourth-order valence-corrected chi connectivity index (χ4v) is 3.04. The van der Waals surface area contributed by atoms with Gasteiger partial charge in [0.2, 0.25) is 0 Å². The minimum atomic E-state index is -0.335. The summed E-state index contributed by atoms with van der Waals surface area (Å²) in [5.41, 5.74) is 3.88. The number of hydrogen-bond acceptors (Lipinski definition) is 6. The van der Waals surface area contributed by atoms with Crippen molar-refractivity contribution < 1.29 is 4.79 Å². The van der Waals surface area contributed by atoms with E-state index in [1.54, 1.807) is 6.07 Å². The van der Waals surface area contributed by atoms with Crippen LogP contribution in [0.1, 0.15) is 40.3 Å². The molecule has 0 unspecified atom stereocenters. The Bertz CT molecular complexity index is 1120. The van der Waals surface area contributed by atoms with Crippen molar-refractivity contribution in [3.05, 3.63) is 65.4 Å². The Morgan fingerprint density at radius 2 is 2.00 bits per heavy atom. The van der Waals surface area contributed by atoms with Gasteiger partial charge >= 0.3 is 0 Å². The quantitative estimate of drug-likeness (QED) is 0.594. The first-order chi connectivity index (χ1) is 13.1. The number of benzene rings is 1. The van der Waals surface area contributed by atoms with E-state index in [4.69, 9.17) is 0 Å². The highest BCUT2D eigenvalue weighted by Crippen LogP contribution is 2.22. The average Bonchev–Trinajstić information content (AvgIpc) is 3.33. The number of nitrogens with one attached hydrogen (secondary N) is 1. The van der Waals surface area contributed by atoms with Gasteiger partial charge in [-0.3, -0.25) is 9.20 Å². The third kappa shape index (κ3) is 2.92. The van der Waals surface area contributed by atoms with Gasteiger partial charge in [-0.25, -0.2) is 0 Å². The van der Waals surface area contributed by atoms with Gasteiger partial charge in [-0.05, 0) is 60.5 Å². The van der Waals surface area contributed by atoms with Gasteiger partial charge in [-0.15, -0.1) is 15.3 Å². The van der Waals surface area contributed by atoms with E-state index in [-0.39, 0.29) is 11.9 Å². The van der Waals surface area contributed by atoms with Crippen LogP contribution in [0.15, 0.2) is 42.9 Å². The topological polar surface area (TPSA) is 103 Å². The summed E-state index contributed by atoms with van der Waals surface area (Å²) < 4.78 is 3.36. The fourth-order valence-electron chi connectivity index (χ4n) is 3.04. The van der Waals surface area contributed by atoms with Crippen molar-refractivity contribution in [2.45, 2.75) is 26.8 Å². The number of fused-ring (bicyclic) bond motifs is 1. The Morgan fingerprint density at radius 1 is 1.15 bits per heavy atom. The number of pyridine rings is 1. The molecule has 3 aromatic heterocycles. The second-order valence-electron chi connectivity index (χ2n) is 6.34. The normalized spacial score (nSPS) is 12.3. The third-order valence-corrected chi connectivity index (χ3v) is 4.60. The van der Waals surface area contributed by atoms with Crippen LogP contribution in [0.25, 0.3) is 11.3 Å². The summed E-state index contributed by atoms with van der Waals surface area (Å²) in [5.74, 6) is 0.426. The van der Waals surface area contributed by atoms with Crippen LogP contribution in [0.4, 0.5) is 0 Å². The van der Waals surface area contributed by atoms with E-state index in [9.17, 15) is 4.79 Å². The Hall–Kier alpha value is -3.62. The molecule has 9 nitrogen and oxygen atoms in total. The second kappa shape index (κ2) is 6.60. The molecule has 0 aliphatic carbocycles. The number of aryl methyl sites for hydroxylation is 1. The highest BCUT2D eigenvalue weighted by Gasteiger charge is 2.21. The maximum Gasteiger partial charge on any atom is 0.254 e. The summed E-state index contributed by atoms with van der Waals surface area (Å²) in [6.07, 6.45) is 3.35. The smallest absolute Gasteiger partial charge is 0.254 e. The largest absolute Gasteiger partial charge is 0.342 e. The van der Waals surface area contributed by atoms with Crippen LogP contribution in [0.3, 0.4) is 0 Å². The molecule has 1 amide bonds. The molecule has 4 aromatic rings. The van der Waals surface area contributed by atoms with Crippen LogP contribution in [-0.2, 0) is 0 Å². The molecule has 0 bridgehead atoms. The average molecular weight is 362 g/mol. The van der Waals surface area contributed by atoms with Crippen LogP contribution >= 0.6 is 0 Å². The first kappa shape index (κ1) is 16.8. The molecule has 1 N–H and O–H groups in total. The van der Waals surface area contributed by atoms with Crippen LogP contribution in [0.2, 0.25) is 0 Å². The van der Waals surface area contributed by atoms with Gasteiger partial charge < -0.3 is 5.32 Å². The number of tetrazole rings is 1. The van der Waals surface area contributed by atoms with E-state index >= 15 is 0 Å². The van der Waals surface area contributed by atoms with Crippen LogP contribution in [-0.4, -0.2) is 40.7 Å². The maximum absolute atomic E-state index is 13.0. The molecular weight excluding hydrogens is 344 g/mol. The van der Waals surface area contributed by atoms with Gasteiger partial charge in [0.25, 0.3) is 5.91 Å². The van der Waals surface area contributed by atoms with Crippen LogP contribution in [0, 0.1) is 13.8 Å². The van der Waals surface area contributed by atoms with E-state index in [2.05, 4.69) is 31.0 Å². The number of amides is 1. The predicted molar refractivity (Wildman–Crippen MR) is 97.5 cm³/mol. The molecule has 0 radical (unpaired) electrons. The molecule has 0 aliphatic rings. The first-order valence-corrected chi connectivity index (χ1v) is 8.50. The number of hydrogen-bond donors (Lipinski definition) is 1. The van der Waals surface area contributed by atoms with Crippen LogP contribution in [0.5, 0.6) is 0 Å². The summed E-state index contributed by atoms with van der Waals surface area (Å²) in [5, 5.41) is 22.7. The summed E-state index contributed by atoms with van der Waals surface area (Å²) in [7, 11) is 0. The maximum atomic E-state index is 13.0. The Kier molecular flexibility index (Phi) is 4.11. The molecule has 27 heavy (non-hydrogen) atoms. The molecule has 1 atom stereocenters. The highest BCUT2D eigenvalue weighted by molar-refractivity contribution is 5.98. The lowest BCUT2D eigenvalue weighted by atomic mass is 10.0. The van der Waals surface area contributed by atoms with Crippen molar-refractivity contribution in [2.24, 2.45) is 0 Å². The lowest BCUT2D eigenvalue weighted by Gasteiger charge is -2.16. The number of rotatable bonds is 4. The van der Waals surface area contributed by atoms with E-state index in [0.717, 1.165) is 16.8 Å². The Labute approximate surface area is 155 Å². The first-order valence-electron chi connectivity index (χ1n) is 8.50. The lowest BCUT2D eigenvalue weighted by Crippen LogP contribution is -2.29. The van der Waals surface area contributed by atoms with Crippen molar-refractivity contribution in [1.29, 1.82) is 0 Å². The van der Waals surface area contributed by atoms with Crippen LogP contribution < -0.4 is 5.32 Å². The molecule has 0 aliphatic heterocycles. The van der Waals surface area contributed by atoms with Gasteiger partial charge in [-0.1, -0.05) is 12.1 Å². The number of aromatic nitrogens is 7. The van der Waals surface area contributed by atoms with Gasteiger partial charge in [0.05, 0.1) is 17.3 Å². The van der Waals surface area contributed by atoms with E-state index in [0.29, 0.717) is 17.1 Å². The van der Waals surface area contributed by atoms with E-state index in [1.165, 1.54) is 11.0 Å². The van der Waals surface area contributed by atoms with Gasteiger partial charge in [-0.2, -0.15) is 4.68 Å². The van der Waals surface area contributed by atoms with Gasteiger partial charge in [0.15, 0.2) is 11.5 Å². The molecule has 136 valence electrons. The number of carbonyl (C=O) groups is 1. The summed E-state index contributed by atoms with van der Waals surface area (Å²) in [6, 6.07) is 9.01. The van der Waals surface area contributed by atoms with Crippen molar-refractivity contribution >= 4 is 11.6 Å². The lowest BCUT2D eigenvalue weighted by molar-refractivity contribution is 0.0938. The third-order valence-electron chi connectivity index (χ3n) is 4.60. The monoisotopic (exact) mass is 362 g/mol. The zero-order valence-corrected chi connectivity index (χ0v) is 15.2.